The molecule has 0 bridgehead atoms. The molecule has 3 rings (SSSR count). The number of hydrogen-bond acceptors (Lipinski definition) is 5. The average molecular weight is 385 g/mol. The van der Waals surface area contributed by atoms with Crippen molar-refractivity contribution in [3.8, 4) is 5.69 Å². The highest BCUT2D eigenvalue weighted by atomic mass is 32.2. The zero-order chi connectivity index (χ0) is 19.4. The lowest BCUT2D eigenvalue weighted by Crippen LogP contribution is -2.28. The van der Waals surface area contributed by atoms with Crippen molar-refractivity contribution in [1.29, 1.82) is 0 Å². The molecule has 3 aromatic rings. The molecule has 0 aliphatic heterocycles. The Morgan fingerprint density at radius 2 is 2.04 bits per heavy atom. The number of tetrazole rings is 1. The first kappa shape index (κ1) is 19.0. The summed E-state index contributed by atoms with van der Waals surface area (Å²) < 4.78 is 14.8. The molecule has 0 N–H and O–H groups in total. The molecule has 6 nitrogen and oxygen atoms in total. The molecule has 0 atom stereocenters. The first-order valence-electron chi connectivity index (χ1n) is 8.41. The van der Waals surface area contributed by atoms with E-state index in [1.54, 1.807) is 24.1 Å². The highest BCUT2D eigenvalue weighted by Crippen LogP contribution is 2.20. The van der Waals surface area contributed by atoms with Crippen molar-refractivity contribution in [2.45, 2.75) is 25.5 Å². The minimum absolute atomic E-state index is 0.0335. The third-order valence-corrected chi connectivity index (χ3v) is 5.05. The molecule has 2 aromatic carbocycles. The summed E-state index contributed by atoms with van der Waals surface area (Å²) in [5, 5.41) is 11.9. The van der Waals surface area contributed by atoms with Crippen molar-refractivity contribution in [2.75, 3.05) is 12.8 Å². The van der Waals surface area contributed by atoms with E-state index in [0.717, 1.165) is 11.1 Å². The maximum Gasteiger partial charge on any atom is 0.233 e. The van der Waals surface area contributed by atoms with Crippen molar-refractivity contribution >= 4 is 17.7 Å². The quantitative estimate of drug-likeness (QED) is 0.610. The van der Waals surface area contributed by atoms with Gasteiger partial charge >= 0.3 is 0 Å². The second kappa shape index (κ2) is 8.30. The normalized spacial score (nSPS) is 10.8. The van der Waals surface area contributed by atoms with Gasteiger partial charge in [-0.05, 0) is 53.6 Å². The molecule has 0 fully saturated rings. The van der Waals surface area contributed by atoms with Crippen LogP contribution in [0.25, 0.3) is 5.69 Å². The maximum absolute atomic E-state index is 13.4. The molecule has 0 saturated carbocycles. The third kappa shape index (κ3) is 4.71. The topological polar surface area (TPSA) is 63.9 Å². The van der Waals surface area contributed by atoms with Crippen LogP contribution >= 0.6 is 11.8 Å². The van der Waals surface area contributed by atoms with Crippen molar-refractivity contribution in [3.05, 3.63) is 65.0 Å². The highest BCUT2D eigenvalue weighted by molar-refractivity contribution is 7.99. The van der Waals surface area contributed by atoms with Gasteiger partial charge < -0.3 is 4.90 Å². The number of halogens is 1. The van der Waals surface area contributed by atoms with Crippen LogP contribution in [-0.2, 0) is 11.3 Å². The molecule has 1 heterocycles. The predicted octanol–water partition coefficient (Wildman–Crippen LogP) is 3.17. The summed E-state index contributed by atoms with van der Waals surface area (Å²) in [7, 11) is 1.78. The van der Waals surface area contributed by atoms with E-state index in [2.05, 4.69) is 21.6 Å². The number of benzene rings is 2. The zero-order valence-corrected chi connectivity index (χ0v) is 16.2. The van der Waals surface area contributed by atoms with Gasteiger partial charge in [-0.15, -0.1) is 5.10 Å². The van der Waals surface area contributed by atoms with Crippen LogP contribution < -0.4 is 0 Å². The van der Waals surface area contributed by atoms with Gasteiger partial charge in [-0.3, -0.25) is 4.79 Å². The summed E-state index contributed by atoms with van der Waals surface area (Å²) in [5.74, 6) is -0.214. The Morgan fingerprint density at radius 3 is 2.78 bits per heavy atom. The predicted molar refractivity (Wildman–Crippen MR) is 102 cm³/mol. The summed E-state index contributed by atoms with van der Waals surface area (Å²) in [6.07, 6.45) is 0. The van der Waals surface area contributed by atoms with E-state index < -0.39 is 0 Å². The van der Waals surface area contributed by atoms with Crippen LogP contribution in [0, 0.1) is 19.7 Å². The number of amides is 1. The highest BCUT2D eigenvalue weighted by Gasteiger charge is 2.15. The summed E-state index contributed by atoms with van der Waals surface area (Å²) in [6.45, 7) is 4.63. The summed E-state index contributed by atoms with van der Waals surface area (Å²) in [4.78, 5) is 14.2. The molecule has 0 aliphatic rings. The smallest absolute Gasteiger partial charge is 0.233 e. The minimum atomic E-state index is -0.372. The second-order valence-corrected chi connectivity index (χ2v) is 7.26. The van der Waals surface area contributed by atoms with Crippen LogP contribution in [0.15, 0.2) is 47.6 Å². The van der Waals surface area contributed by atoms with Gasteiger partial charge in [-0.1, -0.05) is 41.6 Å². The standard InChI is InChI=1S/C19H20FN5OS/c1-13-7-8-15(14(2)9-13)11-24(3)18(26)12-27-19-21-22-23-25(19)17-6-4-5-16(20)10-17/h4-10H,11-12H2,1-3H3. The maximum atomic E-state index is 13.4. The molecule has 1 amide bonds. The number of carbonyl (C=O) groups is 1. The van der Waals surface area contributed by atoms with Gasteiger partial charge in [-0.2, -0.15) is 4.68 Å². The van der Waals surface area contributed by atoms with Crippen molar-refractivity contribution in [3.63, 3.8) is 0 Å². The Labute approximate surface area is 161 Å². The first-order valence-corrected chi connectivity index (χ1v) is 9.40. The SMILES string of the molecule is Cc1ccc(CN(C)C(=O)CSc2nnnn2-c2cccc(F)c2)c(C)c1. The summed E-state index contributed by atoms with van der Waals surface area (Å²) >= 11 is 1.22. The average Bonchev–Trinajstić information content (AvgIpc) is 3.10. The van der Waals surface area contributed by atoms with E-state index in [0.29, 0.717) is 17.4 Å². The Bertz CT molecular complexity index is 959. The monoisotopic (exact) mass is 385 g/mol. The van der Waals surface area contributed by atoms with Gasteiger partial charge in [0.1, 0.15) is 5.82 Å². The molecular formula is C19H20FN5OS. The number of aryl methyl sites for hydroxylation is 2. The molecule has 140 valence electrons. The van der Waals surface area contributed by atoms with Crippen molar-refractivity contribution < 1.29 is 9.18 Å². The molecule has 0 aliphatic carbocycles. The van der Waals surface area contributed by atoms with Crippen LogP contribution in [0.1, 0.15) is 16.7 Å². The van der Waals surface area contributed by atoms with Gasteiger partial charge in [0.2, 0.25) is 11.1 Å². The largest absolute Gasteiger partial charge is 0.341 e. The van der Waals surface area contributed by atoms with Gasteiger partial charge in [0.05, 0.1) is 11.4 Å². The van der Waals surface area contributed by atoms with Gasteiger partial charge in [0.25, 0.3) is 0 Å². The van der Waals surface area contributed by atoms with E-state index in [-0.39, 0.29) is 17.5 Å². The van der Waals surface area contributed by atoms with E-state index in [9.17, 15) is 9.18 Å². The van der Waals surface area contributed by atoms with E-state index >= 15 is 0 Å². The fraction of sp³-hybridized carbons (Fsp3) is 0.263. The Morgan fingerprint density at radius 1 is 1.22 bits per heavy atom. The van der Waals surface area contributed by atoms with Crippen LogP contribution in [0.3, 0.4) is 0 Å². The van der Waals surface area contributed by atoms with Gasteiger partial charge in [0.15, 0.2) is 0 Å². The number of hydrogen-bond donors (Lipinski definition) is 0. The van der Waals surface area contributed by atoms with Crippen LogP contribution in [0.2, 0.25) is 0 Å². The van der Waals surface area contributed by atoms with Crippen LogP contribution in [0.5, 0.6) is 0 Å². The molecule has 0 radical (unpaired) electrons. The Kier molecular flexibility index (Phi) is 5.85. The van der Waals surface area contributed by atoms with Crippen LogP contribution in [-0.4, -0.2) is 43.8 Å². The molecular weight excluding hydrogens is 365 g/mol. The lowest BCUT2D eigenvalue weighted by atomic mass is 10.1. The van der Waals surface area contributed by atoms with E-state index in [1.165, 1.54) is 34.1 Å². The number of carbonyl (C=O) groups excluding carboxylic acids is 1. The zero-order valence-electron chi connectivity index (χ0n) is 15.4. The van der Waals surface area contributed by atoms with Crippen molar-refractivity contribution in [2.24, 2.45) is 0 Å². The lowest BCUT2D eigenvalue weighted by Gasteiger charge is -2.18. The Hall–Kier alpha value is -2.74. The second-order valence-electron chi connectivity index (χ2n) is 6.32. The molecule has 8 heteroatoms. The minimum Gasteiger partial charge on any atom is -0.341 e. The van der Waals surface area contributed by atoms with Gasteiger partial charge in [-0.25, -0.2) is 4.39 Å². The van der Waals surface area contributed by atoms with E-state index in [1.807, 2.05) is 26.0 Å². The van der Waals surface area contributed by atoms with Crippen molar-refractivity contribution in [1.82, 2.24) is 25.1 Å². The molecule has 1 aromatic heterocycles. The number of nitrogens with zero attached hydrogens (tertiary/aromatic N) is 5. The molecule has 0 spiro atoms. The number of aromatic nitrogens is 4. The summed E-state index contributed by atoms with van der Waals surface area (Å²) in [5.41, 5.74) is 3.99. The molecule has 0 unspecified atom stereocenters. The van der Waals surface area contributed by atoms with E-state index in [4.69, 9.17) is 0 Å². The molecule has 27 heavy (non-hydrogen) atoms. The fourth-order valence-corrected chi connectivity index (χ4v) is 3.47. The third-order valence-electron chi connectivity index (χ3n) is 4.15. The van der Waals surface area contributed by atoms with Gasteiger partial charge in [0, 0.05) is 13.6 Å². The Balaban J connectivity index is 1.63. The van der Waals surface area contributed by atoms with Crippen LogP contribution in [0.4, 0.5) is 4.39 Å². The number of thioether (sulfide) groups is 1. The first-order chi connectivity index (χ1) is 12.9. The molecule has 0 saturated heterocycles. The lowest BCUT2D eigenvalue weighted by molar-refractivity contribution is -0.127. The fourth-order valence-electron chi connectivity index (χ4n) is 2.64. The summed E-state index contributed by atoms with van der Waals surface area (Å²) in [6, 6.07) is 12.2. The number of rotatable bonds is 6.